The minimum atomic E-state index is -1.52. The van der Waals surface area contributed by atoms with E-state index in [9.17, 15) is 19.3 Å². The molecule has 0 saturated carbocycles. The van der Waals surface area contributed by atoms with E-state index in [1.54, 1.807) is 0 Å². The molecule has 0 aromatic heterocycles. The van der Waals surface area contributed by atoms with Crippen molar-refractivity contribution < 1.29 is 19.2 Å². The molecule has 1 rings (SSSR count). The van der Waals surface area contributed by atoms with E-state index in [0.717, 1.165) is 12.1 Å². The predicted octanol–water partition coefficient (Wildman–Crippen LogP) is 2.77. The molecular formula is C10H12FNO4. The summed E-state index contributed by atoms with van der Waals surface area (Å²) >= 11 is 0. The van der Waals surface area contributed by atoms with Gasteiger partial charge in [-0.2, -0.15) is 4.39 Å². The first-order chi connectivity index (χ1) is 7.43. The van der Waals surface area contributed by atoms with E-state index in [-0.39, 0.29) is 0 Å². The maximum atomic E-state index is 13.1. The lowest BCUT2D eigenvalue weighted by Gasteiger charge is -2.00. The molecular weight excluding hydrogens is 217 g/mol. The minimum Gasteiger partial charge on any atom is -0.478 e. The van der Waals surface area contributed by atoms with E-state index in [1.165, 1.54) is 6.92 Å². The fraction of sp³-hybridized carbons (Fsp3) is 0.300. The van der Waals surface area contributed by atoms with Gasteiger partial charge in [0.15, 0.2) is 0 Å². The van der Waals surface area contributed by atoms with Gasteiger partial charge in [-0.15, -0.1) is 0 Å². The molecule has 5 nitrogen and oxygen atoms in total. The first kappa shape index (κ1) is 14.0. The van der Waals surface area contributed by atoms with Crippen LogP contribution in [0.15, 0.2) is 12.1 Å². The van der Waals surface area contributed by atoms with Crippen molar-refractivity contribution in [1.29, 1.82) is 0 Å². The van der Waals surface area contributed by atoms with Crippen LogP contribution in [0, 0.1) is 22.9 Å². The SMILES string of the molecule is CC.Cc1cc(C(=O)O)c(F)c([N+](=O)[O-])c1. The summed E-state index contributed by atoms with van der Waals surface area (Å²) in [6.45, 7) is 5.46. The predicted molar refractivity (Wildman–Crippen MR) is 56.1 cm³/mol. The number of carbonyl (C=O) groups is 1. The molecule has 1 aromatic rings. The van der Waals surface area contributed by atoms with Gasteiger partial charge in [0.05, 0.1) is 4.92 Å². The van der Waals surface area contributed by atoms with Crippen LogP contribution in [0.25, 0.3) is 0 Å². The van der Waals surface area contributed by atoms with Gasteiger partial charge in [0.1, 0.15) is 5.56 Å². The number of nitro groups is 1. The summed E-state index contributed by atoms with van der Waals surface area (Å²) < 4.78 is 13.1. The molecule has 0 aliphatic rings. The van der Waals surface area contributed by atoms with Crippen LogP contribution in [0.5, 0.6) is 0 Å². The van der Waals surface area contributed by atoms with Crippen LogP contribution in [-0.2, 0) is 0 Å². The molecule has 1 aromatic carbocycles. The second-order valence-electron chi connectivity index (χ2n) is 2.71. The van der Waals surface area contributed by atoms with Gasteiger partial charge in [0.25, 0.3) is 0 Å². The van der Waals surface area contributed by atoms with Gasteiger partial charge in [-0.25, -0.2) is 4.79 Å². The molecule has 0 saturated heterocycles. The van der Waals surface area contributed by atoms with Crippen LogP contribution < -0.4 is 0 Å². The van der Waals surface area contributed by atoms with Crippen molar-refractivity contribution in [2.45, 2.75) is 20.8 Å². The lowest BCUT2D eigenvalue weighted by molar-refractivity contribution is -0.387. The molecule has 0 amide bonds. The average Bonchev–Trinajstić information content (AvgIpc) is 2.23. The summed E-state index contributed by atoms with van der Waals surface area (Å²) in [4.78, 5) is 19.9. The van der Waals surface area contributed by atoms with Crippen LogP contribution in [0.3, 0.4) is 0 Å². The number of carboxylic acids is 1. The molecule has 0 bridgehead atoms. The van der Waals surface area contributed by atoms with Crippen molar-refractivity contribution in [3.8, 4) is 0 Å². The molecule has 0 aliphatic carbocycles. The van der Waals surface area contributed by atoms with Crippen LogP contribution in [0.2, 0.25) is 0 Å². The molecule has 0 fully saturated rings. The van der Waals surface area contributed by atoms with Crippen LogP contribution >= 0.6 is 0 Å². The fourth-order valence-corrected chi connectivity index (χ4v) is 1.04. The second-order valence-corrected chi connectivity index (χ2v) is 2.71. The summed E-state index contributed by atoms with van der Waals surface area (Å²) in [5.41, 5.74) is -1.17. The molecule has 0 radical (unpaired) electrons. The number of benzene rings is 1. The number of nitrogens with zero attached hydrogens (tertiary/aromatic N) is 1. The number of aromatic carboxylic acids is 1. The van der Waals surface area contributed by atoms with Crippen molar-refractivity contribution in [3.05, 3.63) is 39.2 Å². The van der Waals surface area contributed by atoms with Crippen LogP contribution in [0.4, 0.5) is 10.1 Å². The summed E-state index contributed by atoms with van der Waals surface area (Å²) in [5, 5.41) is 18.9. The van der Waals surface area contributed by atoms with E-state index >= 15 is 0 Å². The number of halogens is 1. The number of nitro benzene ring substituents is 1. The Morgan fingerprint density at radius 3 is 2.31 bits per heavy atom. The number of aryl methyl sites for hydroxylation is 1. The van der Waals surface area contributed by atoms with E-state index in [0.29, 0.717) is 5.56 Å². The fourth-order valence-electron chi connectivity index (χ4n) is 1.04. The maximum Gasteiger partial charge on any atom is 0.338 e. The quantitative estimate of drug-likeness (QED) is 0.624. The Hall–Kier alpha value is -1.98. The number of hydrogen-bond acceptors (Lipinski definition) is 3. The highest BCUT2D eigenvalue weighted by molar-refractivity contribution is 5.89. The molecule has 0 atom stereocenters. The first-order valence-corrected chi connectivity index (χ1v) is 4.61. The van der Waals surface area contributed by atoms with Crippen molar-refractivity contribution in [2.24, 2.45) is 0 Å². The molecule has 0 heterocycles. The molecule has 6 heteroatoms. The summed E-state index contributed by atoms with van der Waals surface area (Å²) in [6.07, 6.45) is 0. The van der Waals surface area contributed by atoms with Gasteiger partial charge < -0.3 is 5.11 Å². The molecule has 0 aliphatic heterocycles. The zero-order valence-corrected chi connectivity index (χ0v) is 9.15. The lowest BCUT2D eigenvalue weighted by Crippen LogP contribution is -2.04. The van der Waals surface area contributed by atoms with Crippen molar-refractivity contribution in [3.63, 3.8) is 0 Å². The van der Waals surface area contributed by atoms with E-state index in [2.05, 4.69) is 0 Å². The zero-order valence-electron chi connectivity index (χ0n) is 9.15. The van der Waals surface area contributed by atoms with Crippen LogP contribution in [-0.4, -0.2) is 16.0 Å². The third-order valence-corrected chi connectivity index (χ3v) is 1.62. The van der Waals surface area contributed by atoms with Gasteiger partial charge in [0.2, 0.25) is 5.82 Å². The third kappa shape index (κ3) is 3.01. The summed E-state index contributed by atoms with van der Waals surface area (Å²) in [7, 11) is 0. The minimum absolute atomic E-state index is 0.329. The van der Waals surface area contributed by atoms with E-state index in [4.69, 9.17) is 5.11 Å². The Morgan fingerprint density at radius 1 is 1.44 bits per heavy atom. The largest absolute Gasteiger partial charge is 0.478 e. The summed E-state index contributed by atoms with van der Waals surface area (Å²) in [6, 6.07) is 2.03. The van der Waals surface area contributed by atoms with Gasteiger partial charge in [-0.05, 0) is 18.6 Å². The Bertz CT molecular complexity index is 382. The average molecular weight is 229 g/mol. The number of hydrogen-bond donors (Lipinski definition) is 1. The lowest BCUT2D eigenvalue weighted by atomic mass is 10.1. The topological polar surface area (TPSA) is 80.4 Å². The zero-order chi connectivity index (χ0) is 12.9. The highest BCUT2D eigenvalue weighted by Crippen LogP contribution is 2.22. The molecule has 1 N–H and O–H groups in total. The number of rotatable bonds is 2. The smallest absolute Gasteiger partial charge is 0.338 e. The number of carboxylic acid groups (broad SMARTS) is 1. The van der Waals surface area contributed by atoms with Gasteiger partial charge in [-0.3, -0.25) is 10.1 Å². The Labute approximate surface area is 91.7 Å². The maximum absolute atomic E-state index is 13.1. The Balaban J connectivity index is 0.00000106. The summed E-state index contributed by atoms with van der Waals surface area (Å²) in [5.74, 6) is -2.83. The third-order valence-electron chi connectivity index (χ3n) is 1.62. The normalized spacial score (nSPS) is 9.00. The molecule has 88 valence electrons. The highest BCUT2D eigenvalue weighted by atomic mass is 19.1. The van der Waals surface area contributed by atoms with Crippen molar-refractivity contribution >= 4 is 11.7 Å². The highest BCUT2D eigenvalue weighted by Gasteiger charge is 2.22. The first-order valence-electron chi connectivity index (χ1n) is 4.61. The van der Waals surface area contributed by atoms with Crippen LogP contribution in [0.1, 0.15) is 29.8 Å². The standard InChI is InChI=1S/C8H6FNO4.C2H6/c1-4-2-5(8(11)12)7(9)6(3-4)10(13)14;1-2/h2-3H,1H3,(H,11,12);1-2H3. The van der Waals surface area contributed by atoms with Crippen molar-refractivity contribution in [1.82, 2.24) is 0 Å². The second kappa shape index (κ2) is 5.79. The van der Waals surface area contributed by atoms with Crippen molar-refractivity contribution in [2.75, 3.05) is 0 Å². The molecule has 0 spiro atoms. The van der Waals surface area contributed by atoms with Gasteiger partial charge in [-0.1, -0.05) is 13.8 Å². The van der Waals surface area contributed by atoms with Gasteiger partial charge >= 0.3 is 11.7 Å². The Kier molecular flexibility index (Phi) is 5.08. The van der Waals surface area contributed by atoms with Gasteiger partial charge in [0, 0.05) is 6.07 Å². The van der Waals surface area contributed by atoms with E-state index in [1.807, 2.05) is 13.8 Å². The molecule has 16 heavy (non-hydrogen) atoms. The monoisotopic (exact) mass is 229 g/mol. The molecule has 0 unspecified atom stereocenters. The van der Waals surface area contributed by atoms with E-state index < -0.39 is 28.0 Å². The Morgan fingerprint density at radius 2 is 1.94 bits per heavy atom.